The molecule has 0 aromatic rings. The maximum absolute atomic E-state index is 3.35. The largest absolute Gasteiger partial charge is 0.102 e. The molecule has 0 aliphatic heterocycles. The fraction of sp³-hybridized carbons (Fsp3) is 0.692. The molecule has 0 fully saturated rings. The number of hydrogen-bond donors (Lipinski definition) is 0. The van der Waals surface area contributed by atoms with E-state index in [4.69, 9.17) is 0 Å². The van der Waals surface area contributed by atoms with Crippen molar-refractivity contribution in [3.8, 4) is 11.8 Å². The monoisotopic (exact) mass is 208 g/mol. The molecule has 0 rings (SSSR count). The Bertz CT molecular complexity index is 223. The Labute approximate surface area is 90.8 Å². The van der Waals surface area contributed by atoms with Gasteiger partial charge in [0, 0.05) is 6.04 Å². The van der Waals surface area contributed by atoms with Crippen molar-refractivity contribution in [3.63, 3.8) is 0 Å². The van der Waals surface area contributed by atoms with E-state index in [0.29, 0.717) is 0 Å². The zero-order valence-electron chi connectivity index (χ0n) is 10.4. The van der Waals surface area contributed by atoms with Crippen LogP contribution in [0.1, 0.15) is 34.6 Å². The van der Waals surface area contributed by atoms with Gasteiger partial charge in [0.15, 0.2) is 0 Å². The standard InChI is InChI=1S/C13H24Si/c1-6-14(7-2,8-3)12-10-9-11-13(4)5/h11H,6-8,12H2,1-5H3. The molecule has 0 saturated heterocycles. The molecule has 0 radical (unpaired) electrons. The number of hydrogen-bond acceptors (Lipinski definition) is 0. The zero-order valence-corrected chi connectivity index (χ0v) is 11.4. The van der Waals surface area contributed by atoms with E-state index in [2.05, 4.69) is 46.5 Å². The summed E-state index contributed by atoms with van der Waals surface area (Å²) in [6.45, 7) is 11.2. The maximum Gasteiger partial charge on any atom is 0.0657 e. The van der Waals surface area contributed by atoms with Crippen LogP contribution >= 0.6 is 0 Å². The quantitative estimate of drug-likeness (QED) is 0.472. The highest BCUT2D eigenvalue weighted by Gasteiger charge is 2.24. The van der Waals surface area contributed by atoms with E-state index in [1.54, 1.807) is 0 Å². The minimum Gasteiger partial charge on any atom is -0.102 e. The average Bonchev–Trinajstić information content (AvgIpc) is 2.19. The summed E-state index contributed by atoms with van der Waals surface area (Å²) in [5, 5.41) is 0. The molecular weight excluding hydrogens is 184 g/mol. The molecule has 0 nitrogen and oxygen atoms in total. The summed E-state index contributed by atoms with van der Waals surface area (Å²) in [5.74, 6) is 6.51. The molecule has 1 heteroatoms. The fourth-order valence-electron chi connectivity index (χ4n) is 1.56. The lowest BCUT2D eigenvalue weighted by Gasteiger charge is -2.25. The van der Waals surface area contributed by atoms with Gasteiger partial charge in [0.1, 0.15) is 0 Å². The van der Waals surface area contributed by atoms with Crippen molar-refractivity contribution in [1.29, 1.82) is 0 Å². The summed E-state index contributed by atoms with van der Waals surface area (Å²) in [7, 11) is -0.992. The summed E-state index contributed by atoms with van der Waals surface area (Å²) in [4.78, 5) is 0. The fourth-order valence-corrected chi connectivity index (χ4v) is 4.29. The molecule has 0 aliphatic rings. The first-order chi connectivity index (χ1) is 6.60. The lowest BCUT2D eigenvalue weighted by atomic mass is 10.3. The second kappa shape index (κ2) is 6.90. The molecule has 0 aromatic carbocycles. The first-order valence-electron chi connectivity index (χ1n) is 5.72. The van der Waals surface area contributed by atoms with Gasteiger partial charge in [0.25, 0.3) is 0 Å². The van der Waals surface area contributed by atoms with Crippen LogP contribution in [-0.2, 0) is 0 Å². The van der Waals surface area contributed by atoms with E-state index in [-0.39, 0.29) is 0 Å². The summed E-state index contributed by atoms with van der Waals surface area (Å²) >= 11 is 0. The molecule has 0 atom stereocenters. The molecule has 0 saturated carbocycles. The van der Waals surface area contributed by atoms with Gasteiger partial charge in [-0.2, -0.15) is 0 Å². The predicted molar refractivity (Wildman–Crippen MR) is 69.2 cm³/mol. The van der Waals surface area contributed by atoms with Crippen LogP contribution in [0.4, 0.5) is 0 Å². The Hall–Kier alpha value is -0.483. The minimum absolute atomic E-state index is 0.992. The third-order valence-corrected chi connectivity index (χ3v) is 8.60. The summed E-state index contributed by atoms with van der Waals surface area (Å²) in [6.07, 6.45) is 2.03. The average molecular weight is 208 g/mol. The van der Waals surface area contributed by atoms with Crippen molar-refractivity contribution in [2.45, 2.75) is 58.8 Å². The Morgan fingerprint density at radius 1 is 1.07 bits per heavy atom. The smallest absolute Gasteiger partial charge is 0.0657 e. The lowest BCUT2D eigenvalue weighted by Crippen LogP contribution is -2.30. The third-order valence-electron chi connectivity index (χ3n) is 3.18. The molecule has 0 aliphatic carbocycles. The Kier molecular flexibility index (Phi) is 6.66. The Morgan fingerprint density at radius 2 is 1.57 bits per heavy atom. The van der Waals surface area contributed by atoms with Crippen LogP contribution in [-0.4, -0.2) is 8.07 Å². The predicted octanol–water partition coefficient (Wildman–Crippen LogP) is 4.46. The van der Waals surface area contributed by atoms with Crippen molar-refractivity contribution in [1.82, 2.24) is 0 Å². The SMILES string of the molecule is CC[Si](CC)(CC)CC#CC=C(C)C. The van der Waals surface area contributed by atoms with E-state index < -0.39 is 8.07 Å². The van der Waals surface area contributed by atoms with Gasteiger partial charge in [0.2, 0.25) is 0 Å². The highest BCUT2D eigenvalue weighted by atomic mass is 28.3. The molecule has 0 N–H and O–H groups in total. The zero-order chi connectivity index (χ0) is 11.0. The van der Waals surface area contributed by atoms with E-state index in [1.165, 1.54) is 29.7 Å². The first-order valence-corrected chi connectivity index (χ1v) is 8.54. The molecule has 0 heterocycles. The van der Waals surface area contributed by atoms with Gasteiger partial charge in [-0.05, 0) is 19.9 Å². The van der Waals surface area contributed by atoms with Crippen LogP contribution in [0.15, 0.2) is 11.6 Å². The van der Waals surface area contributed by atoms with Crippen molar-refractivity contribution >= 4 is 8.07 Å². The van der Waals surface area contributed by atoms with Gasteiger partial charge in [-0.1, -0.05) is 50.4 Å². The van der Waals surface area contributed by atoms with Gasteiger partial charge >= 0.3 is 0 Å². The highest BCUT2D eigenvalue weighted by molar-refractivity contribution is 6.80. The van der Waals surface area contributed by atoms with Crippen molar-refractivity contribution in [2.75, 3.05) is 0 Å². The van der Waals surface area contributed by atoms with Crippen molar-refractivity contribution in [3.05, 3.63) is 11.6 Å². The van der Waals surface area contributed by atoms with Crippen LogP contribution in [0.2, 0.25) is 24.2 Å². The topological polar surface area (TPSA) is 0 Å². The van der Waals surface area contributed by atoms with Crippen LogP contribution < -0.4 is 0 Å². The number of allylic oxidation sites excluding steroid dienone is 2. The molecule has 80 valence electrons. The first kappa shape index (κ1) is 13.5. The van der Waals surface area contributed by atoms with E-state index in [1.807, 2.05) is 6.08 Å². The van der Waals surface area contributed by atoms with Crippen molar-refractivity contribution < 1.29 is 0 Å². The second-order valence-electron chi connectivity index (χ2n) is 4.28. The lowest BCUT2D eigenvalue weighted by molar-refractivity contribution is 1.15. The maximum atomic E-state index is 3.35. The molecule has 0 amide bonds. The van der Waals surface area contributed by atoms with Crippen LogP contribution in [0, 0.1) is 11.8 Å². The van der Waals surface area contributed by atoms with Gasteiger partial charge in [0.05, 0.1) is 8.07 Å². The van der Waals surface area contributed by atoms with Gasteiger partial charge < -0.3 is 0 Å². The van der Waals surface area contributed by atoms with Crippen molar-refractivity contribution in [2.24, 2.45) is 0 Å². The van der Waals surface area contributed by atoms with E-state index in [0.717, 1.165) is 0 Å². The Morgan fingerprint density at radius 3 is 1.93 bits per heavy atom. The second-order valence-corrected chi connectivity index (χ2v) is 9.76. The van der Waals surface area contributed by atoms with Crippen LogP contribution in [0.5, 0.6) is 0 Å². The van der Waals surface area contributed by atoms with Crippen LogP contribution in [0.25, 0.3) is 0 Å². The highest BCUT2D eigenvalue weighted by Crippen LogP contribution is 2.24. The summed E-state index contributed by atoms with van der Waals surface area (Å²) in [6, 6.07) is 5.32. The molecule has 0 bridgehead atoms. The van der Waals surface area contributed by atoms with E-state index >= 15 is 0 Å². The normalized spacial score (nSPS) is 10.4. The molecule has 0 spiro atoms. The minimum atomic E-state index is -0.992. The van der Waals surface area contributed by atoms with E-state index in [9.17, 15) is 0 Å². The molecule has 14 heavy (non-hydrogen) atoms. The summed E-state index contributed by atoms with van der Waals surface area (Å²) < 4.78 is 0. The van der Waals surface area contributed by atoms with Gasteiger partial charge in [-0.15, -0.1) is 5.92 Å². The molecule has 0 unspecified atom stereocenters. The molecule has 0 aromatic heterocycles. The number of rotatable bonds is 4. The third kappa shape index (κ3) is 4.67. The summed E-state index contributed by atoms with van der Waals surface area (Å²) in [5.41, 5.74) is 1.30. The van der Waals surface area contributed by atoms with Gasteiger partial charge in [-0.3, -0.25) is 0 Å². The molecular formula is C13H24Si. The Balaban J connectivity index is 4.30. The van der Waals surface area contributed by atoms with Gasteiger partial charge in [-0.25, -0.2) is 0 Å². The van der Waals surface area contributed by atoms with Crippen LogP contribution in [0.3, 0.4) is 0 Å².